The molecule has 0 bridgehead atoms. The van der Waals surface area contributed by atoms with Crippen molar-refractivity contribution >= 4 is 29.4 Å². The number of carbonyl (C=O) groups excluding carboxylic acids is 4. The summed E-state index contributed by atoms with van der Waals surface area (Å²) in [6, 6.07) is 6.60. The zero-order valence-corrected chi connectivity index (χ0v) is 17.3. The number of anilines is 1. The van der Waals surface area contributed by atoms with Crippen LogP contribution in [-0.4, -0.2) is 52.2 Å². The molecule has 2 N–H and O–H groups in total. The number of urea groups is 1. The zero-order valence-electron chi connectivity index (χ0n) is 17.3. The molecule has 1 aromatic carbocycles. The van der Waals surface area contributed by atoms with Crippen molar-refractivity contribution in [2.75, 3.05) is 18.4 Å². The molecule has 2 aliphatic heterocycles. The minimum absolute atomic E-state index is 0.0191. The summed E-state index contributed by atoms with van der Waals surface area (Å²) in [7, 11) is 0. The van der Waals surface area contributed by atoms with E-state index in [2.05, 4.69) is 10.6 Å². The summed E-state index contributed by atoms with van der Waals surface area (Å²) in [6.45, 7) is 8.71. The third-order valence-electron chi connectivity index (χ3n) is 5.18. The molecule has 1 atom stereocenters. The number of rotatable bonds is 6. The van der Waals surface area contributed by atoms with Gasteiger partial charge in [0, 0.05) is 25.2 Å². The van der Waals surface area contributed by atoms with Gasteiger partial charge in [-0.15, -0.1) is 0 Å². The lowest BCUT2D eigenvalue weighted by atomic mass is 10.1. The van der Waals surface area contributed by atoms with Gasteiger partial charge in [-0.2, -0.15) is 0 Å². The van der Waals surface area contributed by atoms with Gasteiger partial charge in [0.15, 0.2) is 0 Å². The Kier molecular flexibility index (Phi) is 5.64. The predicted octanol–water partition coefficient (Wildman–Crippen LogP) is 1.96. The van der Waals surface area contributed by atoms with Crippen LogP contribution in [0.15, 0.2) is 24.3 Å². The van der Waals surface area contributed by atoms with E-state index in [1.165, 1.54) is 4.90 Å². The smallest absolute Gasteiger partial charge is 0.325 e. The monoisotopic (exact) mass is 400 g/mol. The Morgan fingerprint density at radius 3 is 2.41 bits per heavy atom. The number of carbonyl (C=O) groups is 4. The highest BCUT2D eigenvalue weighted by Gasteiger charge is 2.44. The fraction of sp³-hybridized carbons (Fsp3) is 0.524. The quantitative estimate of drug-likeness (QED) is 0.713. The molecule has 2 heterocycles. The van der Waals surface area contributed by atoms with E-state index < -0.39 is 11.6 Å². The second kappa shape index (κ2) is 7.85. The van der Waals surface area contributed by atoms with E-state index in [1.54, 1.807) is 43.0 Å². The highest BCUT2D eigenvalue weighted by Crippen LogP contribution is 2.22. The summed E-state index contributed by atoms with van der Waals surface area (Å²) in [6.07, 6.45) is 0.235. The average Bonchev–Trinajstić information content (AvgIpc) is 3.08. The van der Waals surface area contributed by atoms with Crippen molar-refractivity contribution in [1.82, 2.24) is 15.1 Å². The molecular formula is C21H28N4O4. The van der Waals surface area contributed by atoms with E-state index in [-0.39, 0.29) is 36.6 Å². The molecule has 8 nitrogen and oxygen atoms in total. The number of hydrogen-bond donors (Lipinski definition) is 2. The van der Waals surface area contributed by atoms with Gasteiger partial charge in [-0.3, -0.25) is 19.3 Å². The van der Waals surface area contributed by atoms with Gasteiger partial charge < -0.3 is 15.5 Å². The molecule has 0 saturated carbocycles. The lowest BCUT2D eigenvalue weighted by Gasteiger charge is -2.18. The van der Waals surface area contributed by atoms with Gasteiger partial charge >= 0.3 is 6.03 Å². The Labute approximate surface area is 170 Å². The third kappa shape index (κ3) is 4.58. The highest BCUT2D eigenvalue weighted by atomic mass is 16.2. The van der Waals surface area contributed by atoms with Crippen LogP contribution in [-0.2, 0) is 20.9 Å². The maximum Gasteiger partial charge on any atom is 0.325 e. The van der Waals surface area contributed by atoms with Gasteiger partial charge in [0.25, 0.3) is 5.91 Å². The van der Waals surface area contributed by atoms with E-state index in [9.17, 15) is 19.2 Å². The summed E-state index contributed by atoms with van der Waals surface area (Å²) in [5.41, 5.74) is 0.502. The molecule has 3 rings (SSSR count). The van der Waals surface area contributed by atoms with Crippen LogP contribution in [0.4, 0.5) is 10.5 Å². The first-order valence-corrected chi connectivity index (χ1v) is 9.88. The van der Waals surface area contributed by atoms with Crippen LogP contribution in [0.3, 0.4) is 0 Å². The Balaban J connectivity index is 1.57. The molecule has 2 saturated heterocycles. The number of likely N-dealkylation sites (tertiary alicyclic amines) is 1. The molecule has 156 valence electrons. The first-order chi connectivity index (χ1) is 13.6. The highest BCUT2D eigenvalue weighted by molar-refractivity contribution is 6.06. The SMILES string of the molecule is CC(C)CN1C[C@H](C(=O)Nc2ccc(CN3C(=O)NC(C)(C)C3=O)cc2)CC1=O. The van der Waals surface area contributed by atoms with Crippen LogP contribution in [0.25, 0.3) is 0 Å². The van der Waals surface area contributed by atoms with Gasteiger partial charge in [0.1, 0.15) is 5.54 Å². The van der Waals surface area contributed by atoms with E-state index in [0.717, 1.165) is 5.56 Å². The number of nitrogens with zero attached hydrogens (tertiary/aromatic N) is 2. The standard InChI is InChI=1S/C21H28N4O4/c1-13(2)10-24-12-15(9-17(24)26)18(27)22-16-7-5-14(6-8-16)11-25-19(28)21(3,4)23-20(25)29/h5-8,13,15H,9-12H2,1-4H3,(H,22,27)(H,23,29)/t15-/m1/s1. The molecule has 8 heteroatoms. The average molecular weight is 400 g/mol. The maximum atomic E-state index is 12.5. The summed E-state index contributed by atoms with van der Waals surface area (Å²) >= 11 is 0. The summed E-state index contributed by atoms with van der Waals surface area (Å²) in [5.74, 6) is -0.409. The van der Waals surface area contributed by atoms with E-state index in [1.807, 2.05) is 13.8 Å². The second-order valence-corrected chi connectivity index (χ2v) is 8.73. The van der Waals surface area contributed by atoms with Crippen LogP contribution in [0, 0.1) is 11.8 Å². The fourth-order valence-corrected chi connectivity index (χ4v) is 3.65. The minimum atomic E-state index is -0.896. The molecule has 2 fully saturated rings. The molecule has 29 heavy (non-hydrogen) atoms. The molecule has 2 aliphatic rings. The number of nitrogens with one attached hydrogen (secondary N) is 2. The topological polar surface area (TPSA) is 98.8 Å². The van der Waals surface area contributed by atoms with Gasteiger partial charge in [-0.25, -0.2) is 4.79 Å². The minimum Gasteiger partial charge on any atom is -0.342 e. The lowest BCUT2D eigenvalue weighted by Crippen LogP contribution is -2.40. The second-order valence-electron chi connectivity index (χ2n) is 8.73. The Hall–Kier alpha value is -2.90. The molecule has 0 radical (unpaired) electrons. The normalized spacial score (nSPS) is 21.1. The van der Waals surface area contributed by atoms with E-state index >= 15 is 0 Å². The van der Waals surface area contributed by atoms with Crippen LogP contribution in [0.2, 0.25) is 0 Å². The third-order valence-corrected chi connectivity index (χ3v) is 5.18. The lowest BCUT2D eigenvalue weighted by molar-refractivity contribution is -0.130. The van der Waals surface area contributed by atoms with Crippen LogP contribution >= 0.6 is 0 Å². The molecule has 5 amide bonds. The van der Waals surface area contributed by atoms with Crippen molar-refractivity contribution < 1.29 is 19.2 Å². The molecule has 0 spiro atoms. The van der Waals surface area contributed by atoms with E-state index in [0.29, 0.717) is 24.7 Å². The van der Waals surface area contributed by atoms with Gasteiger partial charge in [-0.1, -0.05) is 26.0 Å². The van der Waals surface area contributed by atoms with Gasteiger partial charge in [-0.05, 0) is 37.5 Å². The number of hydrogen-bond acceptors (Lipinski definition) is 4. The summed E-state index contributed by atoms with van der Waals surface area (Å²) < 4.78 is 0. The maximum absolute atomic E-state index is 12.5. The van der Waals surface area contributed by atoms with Crippen molar-refractivity contribution in [1.29, 1.82) is 0 Å². The van der Waals surface area contributed by atoms with Crippen molar-refractivity contribution in [3.8, 4) is 0 Å². The van der Waals surface area contributed by atoms with Crippen molar-refractivity contribution in [2.45, 2.75) is 46.2 Å². The van der Waals surface area contributed by atoms with Crippen LogP contribution in [0.1, 0.15) is 39.7 Å². The fourth-order valence-electron chi connectivity index (χ4n) is 3.65. The summed E-state index contributed by atoms with van der Waals surface area (Å²) in [5, 5.41) is 5.50. The molecule has 0 unspecified atom stereocenters. The Morgan fingerprint density at radius 2 is 1.86 bits per heavy atom. The van der Waals surface area contributed by atoms with Crippen molar-refractivity contribution in [2.24, 2.45) is 11.8 Å². The predicted molar refractivity (Wildman–Crippen MR) is 108 cm³/mol. The largest absolute Gasteiger partial charge is 0.342 e. The number of amides is 5. The van der Waals surface area contributed by atoms with Crippen LogP contribution in [0.5, 0.6) is 0 Å². The summed E-state index contributed by atoms with van der Waals surface area (Å²) in [4.78, 5) is 51.8. The first-order valence-electron chi connectivity index (χ1n) is 9.88. The van der Waals surface area contributed by atoms with Gasteiger partial charge in [0.2, 0.25) is 11.8 Å². The first kappa shape index (κ1) is 20.8. The van der Waals surface area contributed by atoms with Crippen molar-refractivity contribution in [3.63, 3.8) is 0 Å². The van der Waals surface area contributed by atoms with Gasteiger partial charge in [0.05, 0.1) is 12.5 Å². The Morgan fingerprint density at radius 1 is 1.21 bits per heavy atom. The number of benzene rings is 1. The molecule has 0 aromatic heterocycles. The number of imide groups is 1. The Bertz CT molecular complexity index is 832. The zero-order chi connectivity index (χ0) is 21.3. The molecular weight excluding hydrogens is 372 g/mol. The van der Waals surface area contributed by atoms with Crippen molar-refractivity contribution in [3.05, 3.63) is 29.8 Å². The molecule has 0 aliphatic carbocycles. The van der Waals surface area contributed by atoms with Crippen LogP contribution < -0.4 is 10.6 Å². The van der Waals surface area contributed by atoms with E-state index in [4.69, 9.17) is 0 Å². The molecule has 1 aromatic rings.